The molecule has 0 amide bonds. The molecule has 2 N–H and O–H groups in total. The lowest BCUT2D eigenvalue weighted by atomic mass is 10.0. The van der Waals surface area contributed by atoms with E-state index in [1.165, 1.54) is 24.3 Å². The molecule has 0 aliphatic carbocycles. The minimum atomic E-state index is -4.74. The summed E-state index contributed by atoms with van der Waals surface area (Å²) in [5, 5.41) is 12.4. The lowest BCUT2D eigenvalue weighted by Gasteiger charge is -2.10. The lowest BCUT2D eigenvalue weighted by Crippen LogP contribution is -2.17. The molecule has 4 nitrogen and oxygen atoms in total. The molecule has 2 aromatic rings. The Bertz CT molecular complexity index is 714. The van der Waals surface area contributed by atoms with Crippen molar-refractivity contribution in [2.24, 2.45) is 10.9 Å². The van der Waals surface area contributed by atoms with Crippen LogP contribution < -0.4 is 10.6 Å². The van der Waals surface area contributed by atoms with Crippen LogP contribution in [0.5, 0.6) is 5.75 Å². The maximum absolute atomic E-state index is 12.1. The van der Waals surface area contributed by atoms with E-state index in [9.17, 15) is 13.2 Å². The van der Waals surface area contributed by atoms with Gasteiger partial charge >= 0.3 is 6.36 Å². The monoisotopic (exact) mass is 305 g/mol. The molecule has 0 fully saturated rings. The first-order valence-corrected chi connectivity index (χ1v) is 6.07. The summed E-state index contributed by atoms with van der Waals surface area (Å²) >= 11 is 0. The summed E-state index contributed by atoms with van der Waals surface area (Å²) < 4.78 is 40.1. The quantitative estimate of drug-likeness (QED) is 0.538. The van der Waals surface area contributed by atoms with Gasteiger partial charge in [-0.25, -0.2) is 0 Å². The maximum Gasteiger partial charge on any atom is 0.573 e. The summed E-state index contributed by atoms with van der Waals surface area (Å²) in [5.41, 5.74) is 2.05. The van der Waals surface area contributed by atoms with Crippen LogP contribution in [0.1, 0.15) is 16.7 Å². The molecule has 0 radical (unpaired) electrons. The summed E-state index contributed by atoms with van der Waals surface area (Å²) in [6.45, 7) is 0. The van der Waals surface area contributed by atoms with Gasteiger partial charge in [-0.15, -0.1) is 13.2 Å². The third-order valence-corrected chi connectivity index (χ3v) is 2.78. The fourth-order valence-electron chi connectivity index (χ4n) is 1.83. The van der Waals surface area contributed by atoms with Crippen molar-refractivity contribution < 1.29 is 17.9 Å². The van der Waals surface area contributed by atoms with Crippen LogP contribution in [0.3, 0.4) is 0 Å². The fraction of sp³-hybridized carbons (Fsp3) is 0.0667. The number of rotatable bonds is 3. The predicted molar refractivity (Wildman–Crippen MR) is 74.1 cm³/mol. The summed E-state index contributed by atoms with van der Waals surface area (Å²) in [5.74, 6) is 5.03. The van der Waals surface area contributed by atoms with E-state index in [4.69, 9.17) is 11.1 Å². The van der Waals surface area contributed by atoms with E-state index < -0.39 is 6.36 Å². The van der Waals surface area contributed by atoms with Gasteiger partial charge in [-0.2, -0.15) is 10.4 Å². The first-order valence-electron chi connectivity index (χ1n) is 6.07. The van der Waals surface area contributed by atoms with Crippen molar-refractivity contribution in [3.05, 3.63) is 65.2 Å². The highest BCUT2D eigenvalue weighted by atomic mass is 19.4. The maximum atomic E-state index is 12.1. The summed E-state index contributed by atoms with van der Waals surface area (Å²) in [6, 6.07) is 13.7. The third kappa shape index (κ3) is 3.76. The van der Waals surface area contributed by atoms with E-state index in [1.54, 1.807) is 24.3 Å². The average molecular weight is 305 g/mol. The molecule has 0 aliphatic heterocycles. The van der Waals surface area contributed by atoms with Gasteiger partial charge in [0.2, 0.25) is 0 Å². The fourth-order valence-corrected chi connectivity index (χ4v) is 1.83. The Hall–Kier alpha value is -3.01. The largest absolute Gasteiger partial charge is 0.573 e. The molecule has 0 heterocycles. The SMILES string of the molecule is N#Cc1ccc(C(=NN)c2ccc(OC(F)(F)F)cc2)cc1. The molecule has 2 rings (SSSR count). The van der Waals surface area contributed by atoms with Gasteiger partial charge in [0.25, 0.3) is 0 Å². The van der Waals surface area contributed by atoms with Crippen LogP contribution in [0.25, 0.3) is 0 Å². The molecular weight excluding hydrogens is 295 g/mol. The minimum Gasteiger partial charge on any atom is -0.406 e. The highest BCUT2D eigenvalue weighted by Crippen LogP contribution is 2.23. The van der Waals surface area contributed by atoms with Gasteiger partial charge in [-0.3, -0.25) is 0 Å². The van der Waals surface area contributed by atoms with Crippen molar-refractivity contribution >= 4 is 5.71 Å². The van der Waals surface area contributed by atoms with Gasteiger partial charge in [-0.1, -0.05) is 12.1 Å². The van der Waals surface area contributed by atoms with Gasteiger partial charge < -0.3 is 10.6 Å². The van der Waals surface area contributed by atoms with E-state index in [0.717, 1.165) is 0 Å². The average Bonchev–Trinajstić information content (AvgIpc) is 2.49. The number of hydrogen-bond acceptors (Lipinski definition) is 4. The Morgan fingerprint density at radius 3 is 1.91 bits per heavy atom. The molecule has 7 heteroatoms. The van der Waals surface area contributed by atoms with Gasteiger partial charge in [0.1, 0.15) is 5.75 Å². The molecule has 0 saturated carbocycles. The lowest BCUT2D eigenvalue weighted by molar-refractivity contribution is -0.274. The zero-order valence-corrected chi connectivity index (χ0v) is 11.1. The Labute approximate surface area is 124 Å². The second-order valence-electron chi connectivity index (χ2n) is 4.24. The number of hydrazone groups is 1. The van der Waals surface area contributed by atoms with Crippen molar-refractivity contribution in [1.82, 2.24) is 0 Å². The highest BCUT2D eigenvalue weighted by Gasteiger charge is 2.31. The summed E-state index contributed by atoms with van der Waals surface area (Å²) in [6.07, 6.45) is -4.74. The first-order chi connectivity index (χ1) is 10.4. The number of nitriles is 1. The molecule has 112 valence electrons. The van der Waals surface area contributed by atoms with E-state index in [-0.39, 0.29) is 5.75 Å². The second-order valence-corrected chi connectivity index (χ2v) is 4.24. The molecule has 0 aliphatic rings. The van der Waals surface area contributed by atoms with Crippen LogP contribution >= 0.6 is 0 Å². The van der Waals surface area contributed by atoms with Crippen LogP contribution in [-0.2, 0) is 0 Å². The number of hydrogen-bond donors (Lipinski definition) is 1. The van der Waals surface area contributed by atoms with Gasteiger partial charge in [0.05, 0.1) is 17.3 Å². The molecule has 0 bridgehead atoms. The number of ether oxygens (including phenoxy) is 1. The minimum absolute atomic E-state index is 0.326. The van der Waals surface area contributed by atoms with E-state index in [2.05, 4.69) is 9.84 Å². The van der Waals surface area contributed by atoms with Crippen molar-refractivity contribution in [3.63, 3.8) is 0 Å². The van der Waals surface area contributed by atoms with Gasteiger partial charge in [-0.05, 0) is 36.4 Å². The smallest absolute Gasteiger partial charge is 0.406 e. The Kier molecular flexibility index (Phi) is 4.32. The molecule has 0 unspecified atom stereocenters. The summed E-state index contributed by atoms with van der Waals surface area (Å²) in [4.78, 5) is 0. The number of alkyl halides is 3. The summed E-state index contributed by atoms with van der Waals surface area (Å²) in [7, 11) is 0. The van der Waals surface area contributed by atoms with Crippen LogP contribution in [0.15, 0.2) is 53.6 Å². The Morgan fingerprint density at radius 1 is 1.00 bits per heavy atom. The number of halogens is 3. The van der Waals surface area contributed by atoms with Gasteiger partial charge in [0.15, 0.2) is 0 Å². The van der Waals surface area contributed by atoms with Crippen molar-refractivity contribution in [1.29, 1.82) is 5.26 Å². The standard InChI is InChI=1S/C15H10F3N3O/c16-15(17,18)22-13-7-5-12(6-8-13)14(21-20)11-3-1-10(9-19)2-4-11/h1-8H,20H2. The Morgan fingerprint density at radius 2 is 1.50 bits per heavy atom. The molecule has 0 atom stereocenters. The van der Waals surface area contributed by atoms with Crippen LogP contribution in [0.4, 0.5) is 13.2 Å². The highest BCUT2D eigenvalue weighted by molar-refractivity contribution is 6.12. The number of benzene rings is 2. The molecule has 0 saturated heterocycles. The van der Waals surface area contributed by atoms with E-state index in [0.29, 0.717) is 22.4 Å². The number of nitrogens with zero attached hydrogens (tertiary/aromatic N) is 2. The van der Waals surface area contributed by atoms with Crippen LogP contribution in [0, 0.1) is 11.3 Å². The topological polar surface area (TPSA) is 71.4 Å². The molecule has 0 aromatic heterocycles. The number of nitrogens with two attached hydrogens (primary N) is 1. The molecule has 2 aromatic carbocycles. The van der Waals surface area contributed by atoms with Crippen LogP contribution in [0.2, 0.25) is 0 Å². The second kappa shape index (κ2) is 6.18. The van der Waals surface area contributed by atoms with Crippen LogP contribution in [-0.4, -0.2) is 12.1 Å². The van der Waals surface area contributed by atoms with Crippen molar-refractivity contribution in [3.8, 4) is 11.8 Å². The van der Waals surface area contributed by atoms with E-state index >= 15 is 0 Å². The van der Waals surface area contributed by atoms with Crippen molar-refractivity contribution in [2.45, 2.75) is 6.36 Å². The zero-order chi connectivity index (χ0) is 16.2. The molecule has 22 heavy (non-hydrogen) atoms. The Balaban J connectivity index is 2.26. The third-order valence-electron chi connectivity index (χ3n) is 2.78. The van der Waals surface area contributed by atoms with Gasteiger partial charge in [0, 0.05) is 11.1 Å². The predicted octanol–water partition coefficient (Wildman–Crippen LogP) is 3.17. The zero-order valence-electron chi connectivity index (χ0n) is 11.1. The van der Waals surface area contributed by atoms with E-state index in [1.807, 2.05) is 6.07 Å². The molecular formula is C15H10F3N3O. The normalized spacial score (nSPS) is 11.8. The molecule has 0 spiro atoms. The first kappa shape index (κ1) is 15.4. The van der Waals surface area contributed by atoms with Crippen molar-refractivity contribution in [2.75, 3.05) is 0 Å².